The molecule has 4 heteroatoms. The molecule has 62 valence electrons. The van der Waals surface area contributed by atoms with Crippen LogP contribution in [0.2, 0.25) is 0 Å². The average Bonchev–Trinajstić information content (AvgIpc) is 2.54. The molecule has 1 unspecified atom stereocenters. The Morgan fingerprint density at radius 3 is 3.09 bits per heavy atom. The highest BCUT2D eigenvalue weighted by Crippen LogP contribution is 2.30. The molecule has 0 bridgehead atoms. The van der Waals surface area contributed by atoms with E-state index in [0.717, 1.165) is 5.88 Å². The summed E-state index contributed by atoms with van der Waals surface area (Å²) in [6.07, 6.45) is 0. The van der Waals surface area contributed by atoms with E-state index in [1.807, 2.05) is 6.92 Å². The van der Waals surface area contributed by atoms with E-state index in [4.69, 9.17) is 4.74 Å². The van der Waals surface area contributed by atoms with Crippen LogP contribution < -0.4 is 0 Å². The molecule has 0 radical (unpaired) electrons. The number of allylic oxidation sites excluding steroid dienone is 1. The number of nitrogens with zero attached hydrogens (tertiary/aromatic N) is 1. The van der Waals surface area contributed by atoms with Gasteiger partial charge in [-0.3, -0.25) is 0 Å². The molecular weight excluding hydrogens is 162 g/mol. The zero-order valence-electron chi connectivity index (χ0n) is 6.41. The predicted molar refractivity (Wildman–Crippen MR) is 43.8 cm³/mol. The van der Waals surface area contributed by atoms with Gasteiger partial charge in [0.05, 0.1) is 12.4 Å². The summed E-state index contributed by atoms with van der Waals surface area (Å²) < 4.78 is 4.88. The molecule has 1 atom stereocenters. The van der Waals surface area contributed by atoms with Crippen LogP contribution in [0, 0.1) is 0 Å². The molecule has 2 aliphatic heterocycles. The van der Waals surface area contributed by atoms with Crippen molar-refractivity contribution in [3.05, 3.63) is 11.1 Å². The van der Waals surface area contributed by atoms with E-state index in [2.05, 4.69) is 10.3 Å². The van der Waals surface area contributed by atoms with Crippen LogP contribution >= 0.6 is 11.8 Å². The van der Waals surface area contributed by atoms with E-state index in [0.29, 0.717) is 13.2 Å². The topological polar surface area (TPSA) is 36.0 Å². The highest BCUT2D eigenvalue weighted by molar-refractivity contribution is 8.02. The SMILES string of the molecule is CC1=CSCN1CC1(O)CO1. The van der Waals surface area contributed by atoms with Crippen LogP contribution in [0.25, 0.3) is 0 Å². The van der Waals surface area contributed by atoms with Gasteiger partial charge in [-0.1, -0.05) is 0 Å². The summed E-state index contributed by atoms with van der Waals surface area (Å²) in [7, 11) is 0. The van der Waals surface area contributed by atoms with Crippen molar-refractivity contribution in [2.24, 2.45) is 0 Å². The second kappa shape index (κ2) is 2.40. The molecule has 1 saturated heterocycles. The lowest BCUT2D eigenvalue weighted by Gasteiger charge is -2.20. The number of ether oxygens (including phenoxy) is 1. The first-order valence-corrected chi connectivity index (χ1v) is 4.64. The van der Waals surface area contributed by atoms with Gasteiger partial charge in [0.1, 0.15) is 6.61 Å². The smallest absolute Gasteiger partial charge is 0.207 e. The summed E-state index contributed by atoms with van der Waals surface area (Å²) in [6, 6.07) is 0. The van der Waals surface area contributed by atoms with Crippen molar-refractivity contribution in [3.63, 3.8) is 0 Å². The number of aliphatic hydroxyl groups is 1. The largest absolute Gasteiger partial charge is 0.362 e. The second-order valence-corrected chi connectivity index (χ2v) is 3.82. The normalized spacial score (nSPS) is 35.8. The number of epoxide rings is 1. The molecule has 1 fully saturated rings. The first-order chi connectivity index (χ1) is 5.20. The lowest BCUT2D eigenvalue weighted by atomic mass is 10.3. The Balaban J connectivity index is 1.91. The predicted octanol–water partition coefficient (Wildman–Crippen LogP) is 0.573. The second-order valence-electron chi connectivity index (χ2n) is 2.99. The molecule has 2 heterocycles. The van der Waals surface area contributed by atoms with Crippen LogP contribution in [0.5, 0.6) is 0 Å². The highest BCUT2D eigenvalue weighted by Gasteiger charge is 2.44. The average molecular weight is 173 g/mol. The van der Waals surface area contributed by atoms with Crippen LogP contribution in [0.1, 0.15) is 6.92 Å². The van der Waals surface area contributed by atoms with Gasteiger partial charge in [0, 0.05) is 5.70 Å². The van der Waals surface area contributed by atoms with Gasteiger partial charge in [-0.25, -0.2) is 0 Å². The van der Waals surface area contributed by atoms with E-state index < -0.39 is 5.79 Å². The number of rotatable bonds is 2. The molecular formula is C7H11NO2S. The minimum atomic E-state index is -0.833. The van der Waals surface area contributed by atoms with Gasteiger partial charge in [0.2, 0.25) is 5.79 Å². The maximum Gasteiger partial charge on any atom is 0.207 e. The van der Waals surface area contributed by atoms with E-state index in [-0.39, 0.29) is 0 Å². The molecule has 0 amide bonds. The van der Waals surface area contributed by atoms with E-state index in [1.54, 1.807) is 11.8 Å². The molecule has 2 aliphatic rings. The molecule has 0 spiro atoms. The van der Waals surface area contributed by atoms with Gasteiger partial charge in [-0.15, -0.1) is 11.8 Å². The van der Waals surface area contributed by atoms with Crippen molar-refractivity contribution >= 4 is 11.8 Å². The first-order valence-electron chi connectivity index (χ1n) is 3.59. The fourth-order valence-corrected chi connectivity index (χ4v) is 2.01. The zero-order chi connectivity index (χ0) is 7.90. The van der Waals surface area contributed by atoms with Gasteiger partial charge >= 0.3 is 0 Å². The fourth-order valence-electron chi connectivity index (χ4n) is 1.07. The Labute approximate surface area is 70.0 Å². The third kappa shape index (κ3) is 1.52. The Hall–Kier alpha value is -0.190. The molecule has 0 aromatic carbocycles. The summed E-state index contributed by atoms with van der Waals surface area (Å²) in [5.41, 5.74) is 1.22. The third-order valence-electron chi connectivity index (χ3n) is 1.90. The molecule has 3 nitrogen and oxygen atoms in total. The third-order valence-corrected chi connectivity index (χ3v) is 2.87. The number of thioether (sulfide) groups is 1. The first kappa shape index (κ1) is 7.46. The summed E-state index contributed by atoms with van der Waals surface area (Å²) in [5.74, 6) is 0.109. The molecule has 11 heavy (non-hydrogen) atoms. The maximum absolute atomic E-state index is 9.41. The van der Waals surface area contributed by atoms with Crippen LogP contribution in [-0.4, -0.2) is 34.8 Å². The minimum Gasteiger partial charge on any atom is -0.362 e. The highest BCUT2D eigenvalue weighted by atomic mass is 32.2. The van der Waals surface area contributed by atoms with Crippen molar-refractivity contribution in [2.75, 3.05) is 19.0 Å². The Kier molecular flexibility index (Phi) is 1.63. The van der Waals surface area contributed by atoms with Gasteiger partial charge in [0.15, 0.2) is 0 Å². The van der Waals surface area contributed by atoms with Gasteiger partial charge in [0.25, 0.3) is 0 Å². The van der Waals surface area contributed by atoms with Crippen molar-refractivity contribution in [3.8, 4) is 0 Å². The molecule has 0 aromatic rings. The summed E-state index contributed by atoms with van der Waals surface area (Å²) in [4.78, 5) is 2.12. The van der Waals surface area contributed by atoms with Crippen molar-refractivity contribution in [1.29, 1.82) is 0 Å². The molecule has 0 saturated carbocycles. The van der Waals surface area contributed by atoms with Crippen LogP contribution in [0.3, 0.4) is 0 Å². The standard InChI is InChI=1S/C7H11NO2S/c1-6-2-11-5-8(6)3-7(9)4-10-7/h2,9H,3-5H2,1H3. The fraction of sp³-hybridized carbons (Fsp3) is 0.714. The summed E-state index contributed by atoms with van der Waals surface area (Å²) in [5, 5.41) is 11.5. The quantitative estimate of drug-likeness (QED) is 0.619. The van der Waals surface area contributed by atoms with Crippen molar-refractivity contribution in [1.82, 2.24) is 4.90 Å². The van der Waals surface area contributed by atoms with Crippen LogP contribution in [-0.2, 0) is 4.74 Å². The van der Waals surface area contributed by atoms with E-state index in [1.165, 1.54) is 5.70 Å². The lowest BCUT2D eigenvalue weighted by Crippen LogP contribution is -2.31. The summed E-state index contributed by atoms with van der Waals surface area (Å²) in [6.45, 7) is 3.15. The number of hydrogen-bond acceptors (Lipinski definition) is 4. The van der Waals surface area contributed by atoms with E-state index >= 15 is 0 Å². The number of hydrogen-bond donors (Lipinski definition) is 1. The van der Waals surface area contributed by atoms with E-state index in [9.17, 15) is 5.11 Å². The van der Waals surface area contributed by atoms with Gasteiger partial charge in [-0.2, -0.15) is 0 Å². The van der Waals surface area contributed by atoms with Crippen LogP contribution in [0.4, 0.5) is 0 Å². The van der Waals surface area contributed by atoms with Crippen molar-refractivity contribution < 1.29 is 9.84 Å². The summed E-state index contributed by atoms with van der Waals surface area (Å²) >= 11 is 1.76. The van der Waals surface area contributed by atoms with Crippen molar-refractivity contribution in [2.45, 2.75) is 12.7 Å². The monoisotopic (exact) mass is 173 g/mol. The van der Waals surface area contributed by atoms with Gasteiger partial charge in [-0.05, 0) is 12.3 Å². The zero-order valence-corrected chi connectivity index (χ0v) is 7.23. The minimum absolute atomic E-state index is 0.488. The molecule has 2 rings (SSSR count). The molecule has 1 N–H and O–H groups in total. The Morgan fingerprint density at radius 1 is 1.91 bits per heavy atom. The van der Waals surface area contributed by atoms with Crippen LogP contribution in [0.15, 0.2) is 11.1 Å². The molecule has 0 aliphatic carbocycles. The maximum atomic E-state index is 9.41. The number of β-amino-alcohol motifs (C(OH)–C–C–N with tert-alkyl or cyclic N) is 1. The molecule has 0 aromatic heterocycles. The lowest BCUT2D eigenvalue weighted by molar-refractivity contribution is 0.0155. The van der Waals surface area contributed by atoms with Gasteiger partial charge < -0.3 is 14.7 Å². The Bertz CT molecular complexity index is 201. The Morgan fingerprint density at radius 2 is 2.64 bits per heavy atom.